The van der Waals surface area contributed by atoms with Crippen molar-refractivity contribution in [2.45, 2.75) is 51.0 Å². The van der Waals surface area contributed by atoms with Crippen molar-refractivity contribution in [3.63, 3.8) is 0 Å². The summed E-state index contributed by atoms with van der Waals surface area (Å²) in [4.78, 5) is 0. The first-order valence-electron chi connectivity index (χ1n) is 4.99. The molecule has 64 valence electrons. The topological polar surface area (TPSA) is 9.23 Å². The lowest BCUT2D eigenvalue weighted by molar-refractivity contribution is -0.0368. The Morgan fingerprint density at radius 2 is 2.09 bits per heavy atom. The lowest BCUT2D eigenvalue weighted by atomic mass is 9.97. The highest BCUT2D eigenvalue weighted by atomic mass is 16.5. The maximum atomic E-state index is 5.93. The van der Waals surface area contributed by atoms with Crippen molar-refractivity contribution in [3.8, 4) is 0 Å². The van der Waals surface area contributed by atoms with Crippen LogP contribution in [0.25, 0.3) is 0 Å². The first-order chi connectivity index (χ1) is 5.35. The highest BCUT2D eigenvalue weighted by Gasteiger charge is 2.45. The zero-order valence-electron chi connectivity index (χ0n) is 7.44. The first-order valence-corrected chi connectivity index (χ1v) is 4.99. The molecule has 0 amide bonds. The molecule has 1 heteroatoms. The van der Waals surface area contributed by atoms with Gasteiger partial charge in [-0.25, -0.2) is 0 Å². The van der Waals surface area contributed by atoms with E-state index in [1.165, 1.54) is 38.5 Å². The van der Waals surface area contributed by atoms with Crippen molar-refractivity contribution in [1.29, 1.82) is 0 Å². The number of rotatable bonds is 3. The molecule has 0 aromatic heterocycles. The van der Waals surface area contributed by atoms with E-state index >= 15 is 0 Å². The molecule has 2 aliphatic carbocycles. The zero-order valence-corrected chi connectivity index (χ0v) is 7.44. The average molecular weight is 154 g/mol. The van der Waals surface area contributed by atoms with Crippen LogP contribution in [-0.4, -0.2) is 12.2 Å². The van der Waals surface area contributed by atoms with E-state index in [9.17, 15) is 0 Å². The summed E-state index contributed by atoms with van der Waals surface area (Å²) < 4.78 is 5.93. The summed E-state index contributed by atoms with van der Waals surface area (Å²) in [6, 6.07) is 0. The van der Waals surface area contributed by atoms with Gasteiger partial charge in [0.2, 0.25) is 0 Å². The molecular formula is C10H18O. The predicted molar refractivity (Wildman–Crippen MR) is 45.5 cm³/mol. The minimum Gasteiger partial charge on any atom is -0.375 e. The van der Waals surface area contributed by atoms with Gasteiger partial charge in [0.25, 0.3) is 0 Å². The molecule has 2 saturated carbocycles. The second-order valence-electron chi connectivity index (χ2n) is 4.18. The zero-order chi connectivity index (χ0) is 7.73. The standard InChI is InChI=1S/C10H18O/c1-2-7-11-10-5-3-9(8-10)4-6-10/h9H,2-8H2,1H3. The van der Waals surface area contributed by atoms with Crippen LogP contribution in [0, 0.1) is 5.92 Å². The van der Waals surface area contributed by atoms with Crippen molar-refractivity contribution in [1.82, 2.24) is 0 Å². The van der Waals surface area contributed by atoms with Crippen LogP contribution in [0.3, 0.4) is 0 Å². The molecule has 11 heavy (non-hydrogen) atoms. The Hall–Kier alpha value is -0.0400. The van der Waals surface area contributed by atoms with Gasteiger partial charge >= 0.3 is 0 Å². The van der Waals surface area contributed by atoms with Crippen molar-refractivity contribution in [2.24, 2.45) is 5.92 Å². The van der Waals surface area contributed by atoms with Gasteiger partial charge in [-0.2, -0.15) is 0 Å². The molecule has 0 aromatic rings. The molecular weight excluding hydrogens is 136 g/mol. The molecule has 0 atom stereocenters. The number of ether oxygens (including phenoxy) is 1. The summed E-state index contributed by atoms with van der Waals surface area (Å²) in [6.07, 6.45) is 8.10. The van der Waals surface area contributed by atoms with Gasteiger partial charge in [-0.1, -0.05) is 6.92 Å². The van der Waals surface area contributed by atoms with Gasteiger partial charge < -0.3 is 4.74 Å². The molecule has 2 rings (SSSR count). The average Bonchev–Trinajstić information content (AvgIpc) is 2.60. The third-order valence-electron chi connectivity index (χ3n) is 3.29. The van der Waals surface area contributed by atoms with Crippen LogP contribution in [0.4, 0.5) is 0 Å². The summed E-state index contributed by atoms with van der Waals surface area (Å²) in [6.45, 7) is 3.17. The van der Waals surface area contributed by atoms with Crippen molar-refractivity contribution < 1.29 is 4.74 Å². The summed E-state index contributed by atoms with van der Waals surface area (Å²) >= 11 is 0. The molecule has 0 aliphatic heterocycles. The maximum Gasteiger partial charge on any atom is 0.0685 e. The second kappa shape index (κ2) is 2.78. The molecule has 0 radical (unpaired) electrons. The highest BCUT2D eigenvalue weighted by Crippen LogP contribution is 2.49. The Labute approximate surface area is 69.1 Å². The maximum absolute atomic E-state index is 5.93. The minimum absolute atomic E-state index is 0.362. The number of fused-ring (bicyclic) bond motifs is 2. The molecule has 0 heterocycles. The van der Waals surface area contributed by atoms with Crippen LogP contribution in [0.15, 0.2) is 0 Å². The minimum atomic E-state index is 0.362. The van der Waals surface area contributed by atoms with Gasteiger partial charge in [0.15, 0.2) is 0 Å². The summed E-state index contributed by atoms with van der Waals surface area (Å²) in [5, 5.41) is 0. The van der Waals surface area contributed by atoms with Crippen LogP contribution < -0.4 is 0 Å². The third-order valence-corrected chi connectivity index (χ3v) is 3.29. The lowest BCUT2D eigenvalue weighted by Gasteiger charge is -2.26. The second-order valence-corrected chi connectivity index (χ2v) is 4.18. The molecule has 2 bridgehead atoms. The van der Waals surface area contributed by atoms with Crippen molar-refractivity contribution in [2.75, 3.05) is 6.61 Å². The van der Waals surface area contributed by atoms with E-state index in [4.69, 9.17) is 4.74 Å². The van der Waals surface area contributed by atoms with Crippen molar-refractivity contribution >= 4 is 0 Å². The van der Waals surface area contributed by atoms with Gasteiger partial charge in [-0.3, -0.25) is 0 Å². The molecule has 0 N–H and O–H groups in total. The van der Waals surface area contributed by atoms with Gasteiger partial charge in [0, 0.05) is 6.61 Å². The van der Waals surface area contributed by atoms with E-state index in [0.29, 0.717) is 5.60 Å². The van der Waals surface area contributed by atoms with Gasteiger partial charge in [-0.05, 0) is 44.4 Å². The fraction of sp³-hybridized carbons (Fsp3) is 1.00. The SMILES string of the molecule is CCCOC12CCC(CC1)C2. The van der Waals surface area contributed by atoms with Crippen LogP contribution >= 0.6 is 0 Å². The van der Waals surface area contributed by atoms with Gasteiger partial charge in [0.1, 0.15) is 0 Å². The third kappa shape index (κ3) is 1.31. The fourth-order valence-corrected chi connectivity index (χ4v) is 2.66. The Kier molecular flexibility index (Phi) is 1.92. The van der Waals surface area contributed by atoms with E-state index in [0.717, 1.165) is 12.5 Å². The molecule has 2 fully saturated rings. The monoisotopic (exact) mass is 154 g/mol. The summed E-state index contributed by atoms with van der Waals surface area (Å²) in [7, 11) is 0. The summed E-state index contributed by atoms with van der Waals surface area (Å²) in [5.41, 5.74) is 0.362. The normalized spacial score (nSPS) is 41.7. The Morgan fingerprint density at radius 3 is 2.55 bits per heavy atom. The van der Waals surface area contributed by atoms with E-state index < -0.39 is 0 Å². The van der Waals surface area contributed by atoms with E-state index in [2.05, 4.69) is 6.92 Å². The van der Waals surface area contributed by atoms with Crippen LogP contribution in [0.1, 0.15) is 45.4 Å². The van der Waals surface area contributed by atoms with Crippen molar-refractivity contribution in [3.05, 3.63) is 0 Å². The van der Waals surface area contributed by atoms with Crippen LogP contribution in [0.2, 0.25) is 0 Å². The lowest BCUT2D eigenvalue weighted by Crippen LogP contribution is -2.26. The predicted octanol–water partition coefficient (Wildman–Crippen LogP) is 2.75. The molecule has 0 spiro atoms. The van der Waals surface area contributed by atoms with Gasteiger partial charge in [0.05, 0.1) is 5.60 Å². The largest absolute Gasteiger partial charge is 0.375 e. The quantitative estimate of drug-likeness (QED) is 0.607. The number of hydrogen-bond donors (Lipinski definition) is 0. The summed E-state index contributed by atoms with van der Waals surface area (Å²) in [5.74, 6) is 1.02. The Balaban J connectivity index is 1.89. The fourth-order valence-electron chi connectivity index (χ4n) is 2.66. The smallest absolute Gasteiger partial charge is 0.0685 e. The Morgan fingerprint density at radius 1 is 1.36 bits per heavy atom. The highest BCUT2D eigenvalue weighted by molar-refractivity contribution is 4.97. The van der Waals surface area contributed by atoms with E-state index in [1.807, 2.05) is 0 Å². The molecule has 2 aliphatic rings. The van der Waals surface area contributed by atoms with Crippen LogP contribution in [0.5, 0.6) is 0 Å². The van der Waals surface area contributed by atoms with Crippen LogP contribution in [-0.2, 0) is 4.74 Å². The van der Waals surface area contributed by atoms with E-state index in [-0.39, 0.29) is 0 Å². The Bertz CT molecular complexity index is 134. The molecule has 1 nitrogen and oxygen atoms in total. The number of hydrogen-bond acceptors (Lipinski definition) is 1. The molecule has 0 aromatic carbocycles. The first kappa shape index (κ1) is 7.60. The molecule has 0 unspecified atom stereocenters. The van der Waals surface area contributed by atoms with Gasteiger partial charge in [-0.15, -0.1) is 0 Å². The molecule has 0 saturated heterocycles. The van der Waals surface area contributed by atoms with E-state index in [1.54, 1.807) is 0 Å².